The molecule has 11 heavy (non-hydrogen) atoms. The predicted octanol–water partition coefficient (Wildman–Crippen LogP) is -5.24. The van der Waals surface area contributed by atoms with Crippen LogP contribution in [0.25, 0.3) is 0 Å². The van der Waals surface area contributed by atoms with Gasteiger partial charge in [-0.15, -0.1) is 0 Å². The molecule has 0 aliphatic heterocycles. The molecule has 0 spiro atoms. The average molecular weight is 253 g/mol. The summed E-state index contributed by atoms with van der Waals surface area (Å²) >= 11 is 0. The summed E-state index contributed by atoms with van der Waals surface area (Å²) < 4.78 is 4.53. The van der Waals surface area contributed by atoms with Gasteiger partial charge in [-0.1, -0.05) is 0 Å². The molecule has 0 unspecified atom stereocenters. The van der Waals surface area contributed by atoms with Gasteiger partial charge in [0.1, 0.15) is 0 Å². The first-order chi connectivity index (χ1) is 3.81. The molecule has 0 heterocycles. The van der Waals surface area contributed by atoms with Crippen molar-refractivity contribution in [1.29, 1.82) is 0 Å². The van der Waals surface area contributed by atoms with E-state index in [-0.39, 0.29) is 50.4 Å². The van der Waals surface area contributed by atoms with Crippen LogP contribution in [0.4, 0.5) is 4.79 Å². The summed E-state index contributed by atoms with van der Waals surface area (Å²) in [6, 6.07) is 0. The standard InChI is InChI=1S/C5H11NO2.2ClH.Zn/c1-3-6-5(7)8-4-2;;;/h3-4H2,1-2H3,(H,6,7);2*1H;/q;;;+2/p-2. The van der Waals surface area contributed by atoms with Crippen LogP contribution in [0, 0.1) is 0 Å². The third-order valence-electron chi connectivity index (χ3n) is 0.597. The maximum absolute atomic E-state index is 10.3. The molecule has 1 amide bonds. The number of rotatable bonds is 2. The summed E-state index contributed by atoms with van der Waals surface area (Å²) in [5.41, 5.74) is 0. The second-order valence-electron chi connectivity index (χ2n) is 1.25. The van der Waals surface area contributed by atoms with E-state index in [0.717, 1.165) is 0 Å². The first-order valence-electron chi connectivity index (χ1n) is 2.71. The van der Waals surface area contributed by atoms with E-state index in [1.54, 1.807) is 6.92 Å². The quantitative estimate of drug-likeness (QED) is 0.500. The Bertz CT molecular complexity index is 76.9. The Kier molecular flexibility index (Phi) is 34.5. The molecule has 6 heteroatoms. The SMILES string of the molecule is CCNC(=O)OCC.[Cl-].[Cl-].[Zn+2]. The van der Waals surface area contributed by atoms with Crippen LogP contribution in [0.5, 0.6) is 0 Å². The molecule has 0 aromatic rings. The van der Waals surface area contributed by atoms with Crippen LogP contribution < -0.4 is 30.1 Å². The van der Waals surface area contributed by atoms with Crippen LogP contribution in [-0.4, -0.2) is 19.2 Å². The third-order valence-corrected chi connectivity index (χ3v) is 0.597. The Hall–Kier alpha value is 0.473. The number of ether oxygens (including phenoxy) is 1. The Labute approximate surface area is 92.2 Å². The number of hydrogen-bond acceptors (Lipinski definition) is 2. The molecule has 0 fully saturated rings. The molecule has 1 N–H and O–H groups in total. The first-order valence-corrected chi connectivity index (χ1v) is 2.71. The van der Waals surface area contributed by atoms with Gasteiger partial charge in [-0.2, -0.15) is 0 Å². The van der Waals surface area contributed by atoms with Gasteiger partial charge in [0.2, 0.25) is 0 Å². The van der Waals surface area contributed by atoms with Crippen molar-refractivity contribution in [2.75, 3.05) is 13.2 Å². The van der Waals surface area contributed by atoms with Crippen LogP contribution in [-0.2, 0) is 24.2 Å². The zero-order chi connectivity index (χ0) is 6.41. The second-order valence-corrected chi connectivity index (χ2v) is 1.25. The number of carbonyl (C=O) groups excluding carboxylic acids is 1. The van der Waals surface area contributed by atoms with E-state index in [4.69, 9.17) is 0 Å². The van der Waals surface area contributed by atoms with Crippen molar-refractivity contribution in [2.45, 2.75) is 13.8 Å². The van der Waals surface area contributed by atoms with Gasteiger partial charge in [0.25, 0.3) is 0 Å². The molecule has 0 aliphatic rings. The molecule has 0 radical (unpaired) electrons. The van der Waals surface area contributed by atoms with Crippen molar-refractivity contribution in [3.8, 4) is 0 Å². The Morgan fingerprint density at radius 3 is 2.09 bits per heavy atom. The average Bonchev–Trinajstić information content (AvgIpc) is 1.68. The molecule has 0 rings (SSSR count). The molecule has 64 valence electrons. The smallest absolute Gasteiger partial charge is 1.00 e. The van der Waals surface area contributed by atoms with E-state index < -0.39 is 0 Å². The Morgan fingerprint density at radius 2 is 1.82 bits per heavy atom. The molecule has 0 aromatic carbocycles. The fraction of sp³-hybridized carbons (Fsp3) is 0.800. The van der Waals surface area contributed by atoms with E-state index >= 15 is 0 Å². The van der Waals surface area contributed by atoms with E-state index in [0.29, 0.717) is 13.2 Å². The number of hydrogen-bond donors (Lipinski definition) is 1. The molecule has 0 saturated carbocycles. The fourth-order valence-corrected chi connectivity index (χ4v) is 0.326. The van der Waals surface area contributed by atoms with Crippen molar-refractivity contribution in [3.05, 3.63) is 0 Å². The Morgan fingerprint density at radius 1 is 1.36 bits per heavy atom. The minimum atomic E-state index is -0.338. The minimum Gasteiger partial charge on any atom is -1.00 e. The molecular formula is C5H11Cl2NO2Zn. The molecule has 3 nitrogen and oxygen atoms in total. The normalized spacial score (nSPS) is 6.00. The van der Waals surface area contributed by atoms with Crippen molar-refractivity contribution in [1.82, 2.24) is 5.32 Å². The molecule has 0 aliphatic carbocycles. The number of halogens is 2. The zero-order valence-corrected chi connectivity index (χ0v) is 11.2. The number of nitrogens with one attached hydrogen (secondary N) is 1. The molecule has 0 bridgehead atoms. The van der Waals surface area contributed by atoms with Gasteiger partial charge >= 0.3 is 25.6 Å². The first kappa shape index (κ1) is 22.5. The van der Waals surface area contributed by atoms with Crippen molar-refractivity contribution < 1.29 is 53.8 Å². The molecule has 0 aromatic heterocycles. The minimum absolute atomic E-state index is 0. The molecule has 0 atom stereocenters. The van der Waals surface area contributed by atoms with Crippen LogP contribution in [0.1, 0.15) is 13.8 Å². The van der Waals surface area contributed by atoms with E-state index in [9.17, 15) is 4.79 Å². The van der Waals surface area contributed by atoms with Crippen LogP contribution in [0.15, 0.2) is 0 Å². The number of carbonyl (C=O) groups is 1. The predicted molar refractivity (Wildman–Crippen MR) is 30.7 cm³/mol. The summed E-state index contributed by atoms with van der Waals surface area (Å²) in [7, 11) is 0. The van der Waals surface area contributed by atoms with Crippen molar-refractivity contribution >= 4 is 6.09 Å². The van der Waals surface area contributed by atoms with Gasteiger partial charge < -0.3 is 34.9 Å². The van der Waals surface area contributed by atoms with Gasteiger partial charge in [0.05, 0.1) is 6.61 Å². The van der Waals surface area contributed by atoms with E-state index in [1.165, 1.54) is 0 Å². The second kappa shape index (κ2) is 16.8. The largest absolute Gasteiger partial charge is 2.00 e. The number of alkyl carbamates (subject to hydrolysis) is 1. The monoisotopic (exact) mass is 251 g/mol. The molecular weight excluding hydrogens is 242 g/mol. The summed E-state index contributed by atoms with van der Waals surface area (Å²) in [6.07, 6.45) is -0.338. The van der Waals surface area contributed by atoms with Crippen LogP contribution in [0.2, 0.25) is 0 Å². The van der Waals surface area contributed by atoms with Crippen molar-refractivity contribution in [2.24, 2.45) is 0 Å². The van der Waals surface area contributed by atoms with Crippen molar-refractivity contribution in [3.63, 3.8) is 0 Å². The van der Waals surface area contributed by atoms with E-state index in [2.05, 4.69) is 10.1 Å². The third kappa shape index (κ3) is 17.9. The van der Waals surface area contributed by atoms with Gasteiger partial charge in [0.15, 0.2) is 0 Å². The van der Waals surface area contributed by atoms with Gasteiger partial charge in [-0.3, -0.25) is 0 Å². The fourth-order valence-electron chi connectivity index (χ4n) is 0.326. The Balaban J connectivity index is -0.0000000817. The summed E-state index contributed by atoms with van der Waals surface area (Å²) in [4.78, 5) is 10.3. The van der Waals surface area contributed by atoms with E-state index in [1.807, 2.05) is 6.92 Å². The van der Waals surface area contributed by atoms with Gasteiger partial charge in [-0.25, -0.2) is 4.79 Å². The van der Waals surface area contributed by atoms with Crippen LogP contribution >= 0.6 is 0 Å². The summed E-state index contributed by atoms with van der Waals surface area (Å²) in [5.74, 6) is 0. The summed E-state index contributed by atoms with van der Waals surface area (Å²) in [5, 5.41) is 2.49. The van der Waals surface area contributed by atoms with Gasteiger partial charge in [0, 0.05) is 6.54 Å². The zero-order valence-electron chi connectivity index (χ0n) is 6.69. The maximum Gasteiger partial charge on any atom is 2.00 e. The number of amides is 1. The van der Waals surface area contributed by atoms with Crippen LogP contribution in [0.3, 0.4) is 0 Å². The van der Waals surface area contributed by atoms with Gasteiger partial charge in [-0.05, 0) is 13.8 Å². The maximum atomic E-state index is 10.3. The summed E-state index contributed by atoms with van der Waals surface area (Å²) in [6.45, 7) is 4.68. The topological polar surface area (TPSA) is 38.3 Å². The molecule has 0 saturated heterocycles.